The Kier molecular flexibility index (Phi) is 6.22. The van der Waals surface area contributed by atoms with Crippen LogP contribution in [0.1, 0.15) is 23.4 Å². The number of anilines is 1. The predicted molar refractivity (Wildman–Crippen MR) is 103 cm³/mol. The van der Waals surface area contributed by atoms with Crippen LogP contribution < -0.4 is 15.4 Å². The second-order valence-electron chi connectivity index (χ2n) is 5.90. The molecule has 144 valence electrons. The van der Waals surface area contributed by atoms with Gasteiger partial charge in [-0.2, -0.15) is 0 Å². The summed E-state index contributed by atoms with van der Waals surface area (Å²) in [5.74, 6) is -0.340. The molecule has 1 aliphatic rings. The molecule has 0 bridgehead atoms. The number of rotatable bonds is 6. The lowest BCUT2D eigenvalue weighted by Gasteiger charge is -2.12. The zero-order valence-electron chi connectivity index (χ0n) is 14.3. The molecule has 3 N–H and O–H groups in total. The van der Waals surface area contributed by atoms with Gasteiger partial charge in [0.25, 0.3) is 5.91 Å². The fraction of sp³-hybridized carbons (Fsp3) is 0.294. The van der Waals surface area contributed by atoms with E-state index in [4.69, 9.17) is 21.4 Å². The number of carbonyl (C=O) groups excluding carboxylic acids is 1. The normalized spacial score (nSPS) is 16.8. The summed E-state index contributed by atoms with van der Waals surface area (Å²) < 4.78 is 37.6. The topological polar surface area (TPSA) is 110 Å². The van der Waals surface area contributed by atoms with Gasteiger partial charge in [0.15, 0.2) is 10.9 Å². The molecule has 0 saturated carbocycles. The standard InChI is InChI=1S/C17H19N3O5S2/c21-16(15-4-2-10-25-15)20-17(26)19-12-5-7-14(8-6-12)27(22,23)18-11-13-3-1-9-24-13/h2,4-8,10,13,18H,1,3,9,11H2,(H2,19,20,21,26). The molecule has 1 fully saturated rings. The number of carbonyl (C=O) groups is 1. The fourth-order valence-electron chi connectivity index (χ4n) is 2.54. The maximum atomic E-state index is 12.3. The van der Waals surface area contributed by atoms with Gasteiger partial charge < -0.3 is 14.5 Å². The Morgan fingerprint density at radius 3 is 2.63 bits per heavy atom. The van der Waals surface area contributed by atoms with Gasteiger partial charge in [-0.15, -0.1) is 0 Å². The van der Waals surface area contributed by atoms with E-state index < -0.39 is 15.9 Å². The molecule has 1 saturated heterocycles. The summed E-state index contributed by atoms with van der Waals surface area (Å²) in [6.07, 6.45) is 3.11. The van der Waals surface area contributed by atoms with Crippen LogP contribution in [0.15, 0.2) is 52.0 Å². The number of hydrogen-bond acceptors (Lipinski definition) is 6. The quantitative estimate of drug-likeness (QED) is 0.625. The summed E-state index contributed by atoms with van der Waals surface area (Å²) in [5, 5.41) is 5.36. The van der Waals surface area contributed by atoms with Crippen molar-refractivity contribution in [3.63, 3.8) is 0 Å². The molecule has 8 nitrogen and oxygen atoms in total. The molecule has 27 heavy (non-hydrogen) atoms. The molecule has 10 heteroatoms. The Bertz CT molecular complexity index is 889. The molecule has 1 amide bonds. The summed E-state index contributed by atoms with van der Waals surface area (Å²) >= 11 is 5.07. The number of nitrogens with one attached hydrogen (secondary N) is 3. The van der Waals surface area contributed by atoms with Gasteiger partial charge in [0, 0.05) is 18.8 Å². The van der Waals surface area contributed by atoms with Gasteiger partial charge in [-0.25, -0.2) is 13.1 Å². The Morgan fingerprint density at radius 2 is 2.00 bits per heavy atom. The van der Waals surface area contributed by atoms with Gasteiger partial charge in [-0.1, -0.05) is 0 Å². The lowest BCUT2D eigenvalue weighted by molar-refractivity contribution is 0.0950. The highest BCUT2D eigenvalue weighted by Crippen LogP contribution is 2.16. The molecule has 1 atom stereocenters. The van der Waals surface area contributed by atoms with Crippen molar-refractivity contribution >= 4 is 38.9 Å². The van der Waals surface area contributed by atoms with Crippen LogP contribution >= 0.6 is 12.2 Å². The first kappa shape index (κ1) is 19.5. The van der Waals surface area contributed by atoms with Crippen LogP contribution in [0.25, 0.3) is 0 Å². The lowest BCUT2D eigenvalue weighted by atomic mass is 10.2. The third-order valence-corrected chi connectivity index (χ3v) is 5.56. The minimum absolute atomic E-state index is 0.0727. The van der Waals surface area contributed by atoms with E-state index in [1.54, 1.807) is 18.2 Å². The molecule has 3 rings (SSSR count). The Hall–Kier alpha value is -2.27. The first-order valence-electron chi connectivity index (χ1n) is 8.31. The number of furan rings is 1. The van der Waals surface area contributed by atoms with Crippen LogP contribution in [-0.4, -0.2) is 38.7 Å². The first-order chi connectivity index (χ1) is 12.9. The van der Waals surface area contributed by atoms with Gasteiger partial charge in [-0.3, -0.25) is 10.1 Å². The summed E-state index contributed by atoms with van der Waals surface area (Å²) in [7, 11) is -3.61. The summed E-state index contributed by atoms with van der Waals surface area (Å²) in [4.78, 5) is 12.0. The highest BCUT2D eigenvalue weighted by Gasteiger charge is 2.20. The average molecular weight is 409 g/mol. The van der Waals surface area contributed by atoms with E-state index in [9.17, 15) is 13.2 Å². The smallest absolute Gasteiger partial charge is 0.293 e. The van der Waals surface area contributed by atoms with E-state index in [1.165, 1.54) is 24.5 Å². The molecule has 1 aliphatic heterocycles. The summed E-state index contributed by atoms with van der Waals surface area (Å²) in [6, 6.07) is 9.14. The number of hydrogen-bond donors (Lipinski definition) is 3. The fourth-order valence-corrected chi connectivity index (χ4v) is 3.82. The molecule has 1 unspecified atom stereocenters. The van der Waals surface area contributed by atoms with Crippen molar-refractivity contribution in [2.24, 2.45) is 0 Å². The van der Waals surface area contributed by atoms with Gasteiger partial charge >= 0.3 is 0 Å². The SMILES string of the molecule is O=C(NC(=S)Nc1ccc(S(=O)(=O)NCC2CCCO2)cc1)c1ccco1. The van der Waals surface area contributed by atoms with Crippen molar-refractivity contribution in [1.29, 1.82) is 0 Å². The highest BCUT2D eigenvalue weighted by molar-refractivity contribution is 7.89. The van der Waals surface area contributed by atoms with Crippen LogP contribution in [0.4, 0.5) is 5.69 Å². The molecule has 1 aromatic carbocycles. The van der Waals surface area contributed by atoms with Crippen molar-refractivity contribution < 1.29 is 22.4 Å². The van der Waals surface area contributed by atoms with Crippen molar-refractivity contribution in [3.05, 3.63) is 48.4 Å². The predicted octanol–water partition coefficient (Wildman–Crippen LogP) is 1.86. The van der Waals surface area contributed by atoms with Crippen molar-refractivity contribution in [2.45, 2.75) is 23.8 Å². The largest absolute Gasteiger partial charge is 0.459 e. The zero-order chi connectivity index (χ0) is 19.3. The van der Waals surface area contributed by atoms with Crippen molar-refractivity contribution in [1.82, 2.24) is 10.0 Å². The number of sulfonamides is 1. The van der Waals surface area contributed by atoms with Crippen LogP contribution in [0.2, 0.25) is 0 Å². The van der Waals surface area contributed by atoms with Crippen molar-refractivity contribution in [3.8, 4) is 0 Å². The van der Waals surface area contributed by atoms with E-state index in [0.717, 1.165) is 12.8 Å². The van der Waals surface area contributed by atoms with Gasteiger partial charge in [-0.05, 0) is 61.5 Å². The van der Waals surface area contributed by atoms with Crippen LogP contribution in [0, 0.1) is 0 Å². The third kappa shape index (κ3) is 5.36. The minimum atomic E-state index is -3.61. The second-order valence-corrected chi connectivity index (χ2v) is 8.07. The number of ether oxygens (including phenoxy) is 1. The summed E-state index contributed by atoms with van der Waals surface area (Å²) in [5.41, 5.74) is 0.540. The molecular formula is C17H19N3O5S2. The van der Waals surface area contributed by atoms with E-state index in [-0.39, 0.29) is 28.4 Å². The molecule has 0 radical (unpaired) electrons. The van der Waals surface area contributed by atoms with E-state index >= 15 is 0 Å². The monoisotopic (exact) mass is 409 g/mol. The molecule has 0 aliphatic carbocycles. The molecule has 2 heterocycles. The third-order valence-electron chi connectivity index (χ3n) is 3.92. The molecule has 1 aromatic heterocycles. The van der Waals surface area contributed by atoms with Gasteiger partial charge in [0.1, 0.15) is 0 Å². The molecule has 2 aromatic rings. The number of benzene rings is 1. The van der Waals surface area contributed by atoms with E-state index in [1.807, 2.05) is 0 Å². The highest BCUT2D eigenvalue weighted by atomic mass is 32.2. The van der Waals surface area contributed by atoms with Crippen molar-refractivity contribution in [2.75, 3.05) is 18.5 Å². The van der Waals surface area contributed by atoms with Gasteiger partial charge in [0.05, 0.1) is 17.3 Å². The molecule has 0 spiro atoms. The average Bonchev–Trinajstić information content (AvgIpc) is 3.34. The Balaban J connectivity index is 1.54. The summed E-state index contributed by atoms with van der Waals surface area (Å²) in [6.45, 7) is 0.925. The Morgan fingerprint density at radius 1 is 1.22 bits per heavy atom. The number of amides is 1. The maximum absolute atomic E-state index is 12.3. The Labute approximate surface area is 162 Å². The van der Waals surface area contributed by atoms with Gasteiger partial charge in [0.2, 0.25) is 10.0 Å². The first-order valence-corrected chi connectivity index (χ1v) is 10.2. The van der Waals surface area contributed by atoms with Crippen LogP contribution in [-0.2, 0) is 14.8 Å². The van der Waals surface area contributed by atoms with E-state index in [0.29, 0.717) is 12.3 Å². The minimum Gasteiger partial charge on any atom is -0.459 e. The second kappa shape index (κ2) is 8.61. The zero-order valence-corrected chi connectivity index (χ0v) is 15.9. The maximum Gasteiger partial charge on any atom is 0.293 e. The van der Waals surface area contributed by atoms with Crippen LogP contribution in [0.3, 0.4) is 0 Å². The number of thiocarbonyl (C=S) groups is 1. The van der Waals surface area contributed by atoms with E-state index in [2.05, 4.69) is 15.4 Å². The van der Waals surface area contributed by atoms with Crippen LogP contribution in [0.5, 0.6) is 0 Å². The lowest BCUT2D eigenvalue weighted by Crippen LogP contribution is -2.34. The molecular weight excluding hydrogens is 390 g/mol.